The largest absolute Gasteiger partial charge is 0.314 e. The molecule has 3 heterocycles. The third kappa shape index (κ3) is 3.57. The fraction of sp³-hybridized carbons (Fsp3) is 0.667. The highest BCUT2D eigenvalue weighted by Gasteiger charge is 2.20. The van der Waals surface area contributed by atoms with Crippen LogP contribution >= 0.6 is 23.1 Å². The molecule has 0 radical (unpaired) electrons. The van der Waals surface area contributed by atoms with Gasteiger partial charge in [0.1, 0.15) is 0 Å². The Morgan fingerprint density at radius 2 is 2.30 bits per heavy atom. The zero-order chi connectivity index (χ0) is 13.8. The average molecular weight is 310 g/mol. The van der Waals surface area contributed by atoms with Crippen LogP contribution in [0.1, 0.15) is 31.9 Å². The maximum Gasteiger partial charge on any atom is 0.193 e. The van der Waals surface area contributed by atoms with Crippen molar-refractivity contribution in [2.24, 2.45) is 5.92 Å². The summed E-state index contributed by atoms with van der Waals surface area (Å²) in [5, 5.41) is 5.75. The van der Waals surface area contributed by atoms with E-state index >= 15 is 0 Å². The van der Waals surface area contributed by atoms with Gasteiger partial charge in [0.25, 0.3) is 0 Å². The molecule has 1 saturated heterocycles. The van der Waals surface area contributed by atoms with Gasteiger partial charge in [-0.3, -0.25) is 4.40 Å². The van der Waals surface area contributed by atoms with Crippen LogP contribution in [0.25, 0.3) is 4.96 Å². The number of aromatic nitrogens is 2. The lowest BCUT2D eigenvalue weighted by atomic mass is 9.92. The van der Waals surface area contributed by atoms with Gasteiger partial charge in [0.15, 0.2) is 4.96 Å². The van der Waals surface area contributed by atoms with E-state index in [9.17, 15) is 0 Å². The molecular weight excluding hydrogens is 286 g/mol. The minimum atomic E-state index is 0.581. The molecular formula is C15H23N3S2. The third-order valence-electron chi connectivity index (χ3n) is 4.05. The smallest absolute Gasteiger partial charge is 0.193 e. The molecule has 1 unspecified atom stereocenters. The molecule has 0 bridgehead atoms. The van der Waals surface area contributed by atoms with Crippen molar-refractivity contribution in [2.45, 2.75) is 38.6 Å². The summed E-state index contributed by atoms with van der Waals surface area (Å²) in [6.45, 7) is 3.25. The summed E-state index contributed by atoms with van der Waals surface area (Å²) in [7, 11) is 0. The topological polar surface area (TPSA) is 29.3 Å². The Bertz CT molecular complexity index is 499. The summed E-state index contributed by atoms with van der Waals surface area (Å²) in [6.07, 6.45) is 9.44. The molecule has 3 nitrogen and oxygen atoms in total. The fourth-order valence-electron chi connectivity index (χ4n) is 3.04. The van der Waals surface area contributed by atoms with Gasteiger partial charge in [-0.1, -0.05) is 6.92 Å². The first-order valence-electron chi connectivity index (χ1n) is 7.57. The molecule has 0 amide bonds. The number of rotatable bonds is 6. The first kappa shape index (κ1) is 14.4. The minimum Gasteiger partial charge on any atom is -0.314 e. The van der Waals surface area contributed by atoms with Gasteiger partial charge in [0.05, 0.1) is 5.69 Å². The predicted octanol–water partition coefficient (Wildman–Crippen LogP) is 3.45. The van der Waals surface area contributed by atoms with E-state index in [2.05, 4.69) is 46.2 Å². The monoisotopic (exact) mass is 309 g/mol. The molecule has 1 N–H and O–H groups in total. The van der Waals surface area contributed by atoms with Crippen molar-refractivity contribution in [2.75, 3.05) is 18.1 Å². The number of likely N-dealkylation sites (N-methyl/N-ethyl adjacent to an activating group) is 1. The van der Waals surface area contributed by atoms with E-state index in [0.717, 1.165) is 23.8 Å². The van der Waals surface area contributed by atoms with Gasteiger partial charge in [0, 0.05) is 30.2 Å². The second-order valence-corrected chi connectivity index (χ2v) is 7.67. The highest BCUT2D eigenvalue weighted by molar-refractivity contribution is 7.99. The number of hydrogen-bond acceptors (Lipinski definition) is 4. The number of imidazole rings is 1. The molecule has 0 saturated carbocycles. The number of thiazole rings is 1. The van der Waals surface area contributed by atoms with Crippen LogP contribution in [-0.2, 0) is 6.42 Å². The second-order valence-electron chi connectivity index (χ2n) is 5.58. The molecule has 0 aliphatic carbocycles. The molecule has 1 atom stereocenters. The Kier molecular flexibility index (Phi) is 5.02. The molecule has 110 valence electrons. The summed E-state index contributed by atoms with van der Waals surface area (Å²) < 4.78 is 2.14. The number of hydrogen-bond donors (Lipinski definition) is 1. The van der Waals surface area contributed by atoms with E-state index in [1.807, 2.05) is 0 Å². The zero-order valence-corrected chi connectivity index (χ0v) is 13.7. The van der Waals surface area contributed by atoms with Gasteiger partial charge < -0.3 is 5.32 Å². The van der Waals surface area contributed by atoms with E-state index in [1.165, 1.54) is 36.5 Å². The number of fused-ring (bicyclic) bond motifs is 1. The second kappa shape index (κ2) is 6.96. The lowest BCUT2D eigenvalue weighted by Gasteiger charge is -2.26. The molecule has 20 heavy (non-hydrogen) atoms. The summed E-state index contributed by atoms with van der Waals surface area (Å²) >= 11 is 3.83. The zero-order valence-electron chi connectivity index (χ0n) is 12.0. The molecule has 2 aromatic heterocycles. The number of nitrogens with zero attached hydrogens (tertiary/aromatic N) is 2. The lowest BCUT2D eigenvalue weighted by Crippen LogP contribution is -2.34. The summed E-state index contributed by atoms with van der Waals surface area (Å²) in [5.41, 5.74) is 1.23. The number of thioether (sulfide) groups is 1. The van der Waals surface area contributed by atoms with Gasteiger partial charge >= 0.3 is 0 Å². The molecule has 2 aromatic rings. The van der Waals surface area contributed by atoms with Crippen molar-refractivity contribution in [3.63, 3.8) is 0 Å². The van der Waals surface area contributed by atoms with Gasteiger partial charge in [-0.25, -0.2) is 4.98 Å². The Morgan fingerprint density at radius 1 is 1.45 bits per heavy atom. The van der Waals surface area contributed by atoms with Crippen LogP contribution in [0, 0.1) is 5.92 Å². The maximum absolute atomic E-state index is 4.73. The highest BCUT2D eigenvalue weighted by Crippen LogP contribution is 2.27. The van der Waals surface area contributed by atoms with E-state index in [-0.39, 0.29) is 0 Å². The predicted molar refractivity (Wildman–Crippen MR) is 88.9 cm³/mol. The standard InChI is InChI=1S/C15H23N3S2/c1-2-16-13(9-12-3-6-19-7-4-12)10-14-11-18-5-8-20-15(18)17-14/h5,8,11-13,16H,2-4,6-7,9-10H2,1H3. The van der Waals surface area contributed by atoms with Crippen molar-refractivity contribution >= 4 is 28.1 Å². The van der Waals surface area contributed by atoms with Gasteiger partial charge in [-0.2, -0.15) is 11.8 Å². The first-order valence-corrected chi connectivity index (χ1v) is 9.60. The Hall–Kier alpha value is -0.520. The van der Waals surface area contributed by atoms with Crippen LogP contribution in [0.5, 0.6) is 0 Å². The summed E-state index contributed by atoms with van der Waals surface area (Å²) in [5.74, 6) is 3.61. The Morgan fingerprint density at radius 3 is 3.05 bits per heavy atom. The van der Waals surface area contributed by atoms with Crippen LogP contribution in [0.4, 0.5) is 0 Å². The van der Waals surface area contributed by atoms with Crippen LogP contribution in [-0.4, -0.2) is 33.5 Å². The van der Waals surface area contributed by atoms with Crippen molar-refractivity contribution in [1.82, 2.24) is 14.7 Å². The maximum atomic E-state index is 4.73. The lowest BCUT2D eigenvalue weighted by molar-refractivity contribution is 0.365. The van der Waals surface area contributed by atoms with Crippen molar-refractivity contribution < 1.29 is 0 Å². The van der Waals surface area contributed by atoms with E-state index < -0.39 is 0 Å². The molecule has 0 aromatic carbocycles. The minimum absolute atomic E-state index is 0.581. The molecule has 1 aliphatic rings. The molecule has 1 aliphatic heterocycles. The van der Waals surface area contributed by atoms with Gasteiger partial charge in [-0.05, 0) is 43.2 Å². The van der Waals surface area contributed by atoms with E-state index in [4.69, 9.17) is 4.98 Å². The van der Waals surface area contributed by atoms with Gasteiger partial charge in [-0.15, -0.1) is 11.3 Å². The van der Waals surface area contributed by atoms with Crippen LogP contribution in [0.15, 0.2) is 17.8 Å². The Balaban J connectivity index is 1.62. The third-order valence-corrected chi connectivity index (χ3v) is 5.87. The quantitative estimate of drug-likeness (QED) is 0.886. The highest BCUT2D eigenvalue weighted by atomic mass is 32.2. The average Bonchev–Trinajstić information content (AvgIpc) is 3.01. The van der Waals surface area contributed by atoms with Gasteiger partial charge in [0.2, 0.25) is 0 Å². The number of nitrogens with one attached hydrogen (secondary N) is 1. The van der Waals surface area contributed by atoms with Crippen LogP contribution in [0.2, 0.25) is 0 Å². The van der Waals surface area contributed by atoms with Crippen LogP contribution in [0.3, 0.4) is 0 Å². The first-order chi connectivity index (χ1) is 9.85. The normalized spacial score (nSPS) is 18.6. The van der Waals surface area contributed by atoms with E-state index in [0.29, 0.717) is 6.04 Å². The summed E-state index contributed by atoms with van der Waals surface area (Å²) in [4.78, 5) is 5.84. The molecule has 0 spiro atoms. The van der Waals surface area contributed by atoms with Crippen molar-refractivity contribution in [3.05, 3.63) is 23.5 Å². The fourth-order valence-corrected chi connectivity index (χ4v) is 4.96. The van der Waals surface area contributed by atoms with Crippen molar-refractivity contribution in [1.29, 1.82) is 0 Å². The SMILES string of the molecule is CCNC(Cc1cn2ccsc2n1)CC1CCSCC1. The molecule has 1 fully saturated rings. The van der Waals surface area contributed by atoms with Crippen LogP contribution < -0.4 is 5.32 Å². The van der Waals surface area contributed by atoms with Crippen molar-refractivity contribution in [3.8, 4) is 0 Å². The summed E-state index contributed by atoms with van der Waals surface area (Å²) in [6, 6.07) is 0.581. The van der Waals surface area contributed by atoms with E-state index in [1.54, 1.807) is 11.3 Å². The Labute approximate surface area is 129 Å². The molecule has 5 heteroatoms. The molecule has 3 rings (SSSR count).